The second-order valence-corrected chi connectivity index (χ2v) is 6.37. The fraction of sp³-hybridized carbons (Fsp3) is 0.350. The lowest BCUT2D eigenvalue weighted by Gasteiger charge is -2.07. The summed E-state index contributed by atoms with van der Waals surface area (Å²) in [6.45, 7) is 5.54. The third-order valence-corrected chi connectivity index (χ3v) is 4.49. The van der Waals surface area contributed by atoms with Gasteiger partial charge in [0.05, 0.1) is 11.4 Å². The van der Waals surface area contributed by atoms with Gasteiger partial charge < -0.3 is 5.32 Å². The first-order valence-electron chi connectivity index (χ1n) is 9.00. The van der Waals surface area contributed by atoms with Gasteiger partial charge in [0.25, 0.3) is 0 Å². The first-order valence-corrected chi connectivity index (χ1v) is 9.00. The van der Waals surface area contributed by atoms with Gasteiger partial charge in [-0.05, 0) is 50.5 Å². The number of para-hydroxylation sites is 1. The summed E-state index contributed by atoms with van der Waals surface area (Å²) in [5.41, 5.74) is 4.28. The van der Waals surface area contributed by atoms with E-state index in [9.17, 15) is 4.79 Å². The van der Waals surface area contributed by atoms with Crippen molar-refractivity contribution in [1.29, 1.82) is 0 Å². The van der Waals surface area contributed by atoms with E-state index in [0.29, 0.717) is 19.4 Å². The minimum absolute atomic E-state index is 0.0803. The van der Waals surface area contributed by atoms with Crippen molar-refractivity contribution in [3.8, 4) is 5.69 Å². The van der Waals surface area contributed by atoms with E-state index in [1.165, 1.54) is 0 Å². The number of nitrogens with zero attached hydrogens (tertiary/aromatic N) is 4. The molecule has 0 spiro atoms. The van der Waals surface area contributed by atoms with Gasteiger partial charge in [-0.15, -0.1) is 0 Å². The first-order chi connectivity index (χ1) is 12.6. The maximum absolute atomic E-state index is 12.1. The molecule has 3 aromatic rings. The minimum atomic E-state index is 0.0803. The zero-order valence-electron chi connectivity index (χ0n) is 15.4. The number of hydrogen-bond acceptors (Lipinski definition) is 3. The van der Waals surface area contributed by atoms with Crippen LogP contribution in [0.25, 0.3) is 5.69 Å². The fourth-order valence-electron chi connectivity index (χ4n) is 3.09. The molecule has 0 saturated heterocycles. The highest BCUT2D eigenvalue weighted by molar-refractivity contribution is 5.76. The van der Waals surface area contributed by atoms with Crippen LogP contribution in [-0.2, 0) is 17.8 Å². The van der Waals surface area contributed by atoms with Crippen LogP contribution in [0, 0.1) is 13.8 Å². The summed E-state index contributed by atoms with van der Waals surface area (Å²) in [5, 5.41) is 11.8. The third-order valence-electron chi connectivity index (χ3n) is 4.49. The summed E-state index contributed by atoms with van der Waals surface area (Å²) in [4.78, 5) is 12.1. The van der Waals surface area contributed by atoms with Crippen LogP contribution >= 0.6 is 0 Å². The molecular formula is C20H25N5O. The van der Waals surface area contributed by atoms with Crippen molar-refractivity contribution >= 4 is 5.91 Å². The molecule has 0 aliphatic heterocycles. The molecule has 26 heavy (non-hydrogen) atoms. The summed E-state index contributed by atoms with van der Waals surface area (Å²) in [6.07, 6.45) is 5.74. The van der Waals surface area contributed by atoms with Gasteiger partial charge in [0.2, 0.25) is 5.91 Å². The average Bonchev–Trinajstić information content (AvgIpc) is 3.26. The van der Waals surface area contributed by atoms with Crippen molar-refractivity contribution in [3.05, 3.63) is 65.7 Å². The molecule has 6 nitrogen and oxygen atoms in total. The molecule has 0 saturated carbocycles. The predicted molar refractivity (Wildman–Crippen MR) is 101 cm³/mol. The van der Waals surface area contributed by atoms with Crippen molar-refractivity contribution in [1.82, 2.24) is 24.9 Å². The molecule has 2 aromatic heterocycles. The Morgan fingerprint density at radius 2 is 1.96 bits per heavy atom. The highest BCUT2D eigenvalue weighted by atomic mass is 16.1. The molecule has 1 aromatic carbocycles. The molecular weight excluding hydrogens is 326 g/mol. The van der Waals surface area contributed by atoms with Crippen LogP contribution < -0.4 is 5.32 Å². The van der Waals surface area contributed by atoms with Gasteiger partial charge in [-0.1, -0.05) is 18.2 Å². The Kier molecular flexibility index (Phi) is 5.84. The third kappa shape index (κ3) is 4.39. The van der Waals surface area contributed by atoms with E-state index in [2.05, 4.69) is 22.4 Å². The Balaban J connectivity index is 1.50. The molecule has 0 aliphatic carbocycles. The number of amides is 1. The second kappa shape index (κ2) is 8.47. The van der Waals surface area contributed by atoms with Gasteiger partial charge in [-0.25, -0.2) is 4.68 Å². The molecule has 1 N–H and O–H groups in total. The van der Waals surface area contributed by atoms with Crippen LogP contribution in [0.15, 0.2) is 48.8 Å². The van der Waals surface area contributed by atoms with Gasteiger partial charge >= 0.3 is 0 Å². The first kappa shape index (κ1) is 17.9. The monoisotopic (exact) mass is 351 g/mol. The lowest BCUT2D eigenvalue weighted by atomic mass is 10.1. The van der Waals surface area contributed by atoms with E-state index in [0.717, 1.165) is 35.6 Å². The molecule has 0 aliphatic rings. The van der Waals surface area contributed by atoms with E-state index in [1.54, 1.807) is 6.20 Å². The standard InChI is InChI=1S/C20H25N5O/c1-16-19(17(2)25(23-16)18-8-4-3-5-9-18)10-11-20(26)21-12-6-14-24-15-7-13-22-24/h3-5,7-9,13,15H,6,10-12,14H2,1-2H3,(H,21,26). The lowest BCUT2D eigenvalue weighted by Crippen LogP contribution is -2.25. The topological polar surface area (TPSA) is 64.7 Å². The molecule has 2 heterocycles. The second-order valence-electron chi connectivity index (χ2n) is 6.37. The van der Waals surface area contributed by atoms with Crippen LogP contribution in [-0.4, -0.2) is 32.0 Å². The number of aromatic nitrogens is 4. The van der Waals surface area contributed by atoms with E-state index >= 15 is 0 Å². The van der Waals surface area contributed by atoms with Crippen molar-refractivity contribution in [2.24, 2.45) is 0 Å². The van der Waals surface area contributed by atoms with Gasteiger partial charge in [0.1, 0.15) is 0 Å². The van der Waals surface area contributed by atoms with Crippen LogP contribution in [0.1, 0.15) is 29.8 Å². The molecule has 1 amide bonds. The molecule has 6 heteroatoms. The van der Waals surface area contributed by atoms with Crippen molar-refractivity contribution in [3.63, 3.8) is 0 Å². The Bertz CT molecular complexity index is 837. The Morgan fingerprint density at radius 1 is 1.15 bits per heavy atom. The van der Waals surface area contributed by atoms with Crippen LogP contribution in [0.5, 0.6) is 0 Å². The summed E-state index contributed by atoms with van der Waals surface area (Å²) in [5.74, 6) is 0.0803. The highest BCUT2D eigenvalue weighted by Gasteiger charge is 2.13. The lowest BCUT2D eigenvalue weighted by molar-refractivity contribution is -0.121. The maximum atomic E-state index is 12.1. The average molecular weight is 351 g/mol. The van der Waals surface area contributed by atoms with Crippen LogP contribution in [0.2, 0.25) is 0 Å². The number of nitrogens with one attached hydrogen (secondary N) is 1. The molecule has 0 fully saturated rings. The van der Waals surface area contributed by atoms with Crippen LogP contribution in [0.4, 0.5) is 0 Å². The number of carbonyl (C=O) groups excluding carboxylic acids is 1. The van der Waals surface area contributed by atoms with Gasteiger partial charge in [0.15, 0.2) is 0 Å². The van der Waals surface area contributed by atoms with Crippen LogP contribution in [0.3, 0.4) is 0 Å². The highest BCUT2D eigenvalue weighted by Crippen LogP contribution is 2.19. The summed E-state index contributed by atoms with van der Waals surface area (Å²) in [6, 6.07) is 12.0. The SMILES string of the molecule is Cc1nn(-c2ccccc2)c(C)c1CCC(=O)NCCCn1cccn1. The maximum Gasteiger partial charge on any atom is 0.220 e. The number of hydrogen-bond donors (Lipinski definition) is 1. The Morgan fingerprint density at radius 3 is 2.69 bits per heavy atom. The van der Waals surface area contributed by atoms with Gasteiger partial charge in [0, 0.05) is 37.6 Å². The largest absolute Gasteiger partial charge is 0.356 e. The normalized spacial score (nSPS) is 10.8. The van der Waals surface area contributed by atoms with E-state index in [1.807, 2.05) is 58.9 Å². The predicted octanol–water partition coefficient (Wildman–Crippen LogP) is 2.82. The van der Waals surface area contributed by atoms with Crippen molar-refractivity contribution < 1.29 is 4.79 Å². The fourth-order valence-corrected chi connectivity index (χ4v) is 3.09. The molecule has 136 valence electrons. The number of benzene rings is 1. The summed E-state index contributed by atoms with van der Waals surface area (Å²) >= 11 is 0. The molecule has 3 rings (SSSR count). The van der Waals surface area contributed by atoms with E-state index in [-0.39, 0.29) is 5.91 Å². The van der Waals surface area contributed by atoms with Gasteiger partial charge in [-0.3, -0.25) is 9.48 Å². The zero-order valence-corrected chi connectivity index (χ0v) is 15.4. The smallest absolute Gasteiger partial charge is 0.220 e. The van der Waals surface area contributed by atoms with Crippen molar-refractivity contribution in [2.75, 3.05) is 6.54 Å². The number of carbonyl (C=O) groups is 1. The minimum Gasteiger partial charge on any atom is -0.356 e. The molecule has 0 bridgehead atoms. The quantitative estimate of drug-likeness (QED) is 0.635. The Hall–Kier alpha value is -2.89. The van der Waals surface area contributed by atoms with Crippen molar-refractivity contribution in [2.45, 2.75) is 39.7 Å². The summed E-state index contributed by atoms with van der Waals surface area (Å²) in [7, 11) is 0. The molecule has 0 atom stereocenters. The van der Waals surface area contributed by atoms with E-state index in [4.69, 9.17) is 0 Å². The zero-order chi connectivity index (χ0) is 18.4. The number of rotatable bonds is 8. The molecule has 0 radical (unpaired) electrons. The number of aryl methyl sites for hydroxylation is 2. The molecule has 0 unspecified atom stereocenters. The van der Waals surface area contributed by atoms with Gasteiger partial charge in [-0.2, -0.15) is 10.2 Å². The Labute approximate surface area is 153 Å². The van der Waals surface area contributed by atoms with E-state index < -0.39 is 0 Å². The summed E-state index contributed by atoms with van der Waals surface area (Å²) < 4.78 is 3.82.